The van der Waals surface area contributed by atoms with Crippen LogP contribution in [-0.4, -0.2) is 0 Å². The molecule has 3 nitrogen and oxygen atoms in total. The zero-order valence-electron chi connectivity index (χ0n) is 29.8. The van der Waals surface area contributed by atoms with Crippen molar-refractivity contribution < 1.29 is 8.83 Å². The SMILES string of the molecule is c1ccc(-c2ccc(N(c3ccc(-c4ccc5oc6ccccc6c5c4)cc3)c3cccc(-c4cccc5oc6c7ccccc7ccc6c45)c3)cc2)cc1. The number of para-hydroxylation sites is 1. The molecule has 0 bridgehead atoms. The van der Waals surface area contributed by atoms with Crippen LogP contribution in [0.5, 0.6) is 0 Å². The van der Waals surface area contributed by atoms with Gasteiger partial charge in [-0.3, -0.25) is 0 Å². The van der Waals surface area contributed by atoms with Crippen LogP contribution < -0.4 is 4.90 Å². The molecule has 11 rings (SSSR count). The third-order valence-corrected chi connectivity index (χ3v) is 10.9. The second-order valence-electron chi connectivity index (χ2n) is 14.1. The van der Waals surface area contributed by atoms with Crippen molar-refractivity contribution >= 4 is 71.7 Å². The van der Waals surface area contributed by atoms with Gasteiger partial charge in [0.05, 0.1) is 0 Å². The molecule has 0 saturated carbocycles. The van der Waals surface area contributed by atoms with Gasteiger partial charge in [-0.15, -0.1) is 0 Å². The van der Waals surface area contributed by atoms with E-state index in [0.717, 1.165) is 88.6 Å². The molecule has 0 aliphatic rings. The predicted octanol–water partition coefficient (Wildman–Crippen LogP) is 15.1. The summed E-state index contributed by atoms with van der Waals surface area (Å²) in [5, 5.41) is 6.82. The number of fused-ring (bicyclic) bond motifs is 8. The Bertz CT molecular complexity index is 3190. The average molecular weight is 704 g/mol. The van der Waals surface area contributed by atoms with E-state index in [1.807, 2.05) is 12.1 Å². The fourth-order valence-electron chi connectivity index (χ4n) is 8.20. The molecule has 0 N–H and O–H groups in total. The molecule has 9 aromatic carbocycles. The standard InChI is InChI=1S/C52H33NO2/c1-2-10-34(11-3-1)35-20-26-40(27-21-35)53(41-28-22-36(23-29-41)38-25-31-49-47(33-38)45-16-6-7-18-48(45)54-49)42-14-8-13-39(32-42)43-17-9-19-50-51(43)46-30-24-37-12-4-5-15-44(37)52(46)55-50/h1-33H. The van der Waals surface area contributed by atoms with Crippen LogP contribution >= 0.6 is 0 Å². The third-order valence-electron chi connectivity index (χ3n) is 10.9. The fraction of sp³-hybridized carbons (Fsp3) is 0. The Kier molecular flexibility index (Phi) is 7.17. The van der Waals surface area contributed by atoms with Crippen LogP contribution in [0.15, 0.2) is 209 Å². The zero-order chi connectivity index (χ0) is 36.3. The summed E-state index contributed by atoms with van der Waals surface area (Å²) in [5.74, 6) is 0. The lowest BCUT2D eigenvalue weighted by Crippen LogP contribution is -2.10. The number of benzene rings is 9. The molecule has 0 amide bonds. The van der Waals surface area contributed by atoms with Crippen LogP contribution in [0, 0.1) is 0 Å². The van der Waals surface area contributed by atoms with Gasteiger partial charge >= 0.3 is 0 Å². The topological polar surface area (TPSA) is 29.5 Å². The summed E-state index contributed by atoms with van der Waals surface area (Å²) >= 11 is 0. The first-order valence-corrected chi connectivity index (χ1v) is 18.7. The monoisotopic (exact) mass is 703 g/mol. The molecule has 55 heavy (non-hydrogen) atoms. The smallest absolute Gasteiger partial charge is 0.143 e. The summed E-state index contributed by atoms with van der Waals surface area (Å²) in [6, 6.07) is 71.0. The number of anilines is 3. The highest BCUT2D eigenvalue weighted by molar-refractivity contribution is 6.19. The molecule has 0 fully saturated rings. The van der Waals surface area contributed by atoms with E-state index < -0.39 is 0 Å². The molecule has 0 unspecified atom stereocenters. The predicted molar refractivity (Wildman–Crippen MR) is 229 cm³/mol. The van der Waals surface area contributed by atoms with E-state index in [4.69, 9.17) is 8.83 Å². The van der Waals surface area contributed by atoms with Gasteiger partial charge in [0.1, 0.15) is 22.3 Å². The number of furan rings is 2. The van der Waals surface area contributed by atoms with Gasteiger partial charge in [-0.25, -0.2) is 0 Å². The van der Waals surface area contributed by atoms with Crippen molar-refractivity contribution in [2.45, 2.75) is 0 Å². The second-order valence-corrected chi connectivity index (χ2v) is 14.1. The molecule has 2 heterocycles. The van der Waals surface area contributed by atoms with E-state index in [9.17, 15) is 0 Å². The molecule has 2 aromatic heterocycles. The van der Waals surface area contributed by atoms with E-state index in [2.05, 4.69) is 193 Å². The van der Waals surface area contributed by atoms with E-state index >= 15 is 0 Å². The van der Waals surface area contributed by atoms with E-state index in [1.165, 1.54) is 16.5 Å². The van der Waals surface area contributed by atoms with Crippen LogP contribution in [0.4, 0.5) is 17.1 Å². The molecular weight excluding hydrogens is 671 g/mol. The van der Waals surface area contributed by atoms with Crippen molar-refractivity contribution in [3.8, 4) is 33.4 Å². The Balaban J connectivity index is 1.03. The first kappa shape index (κ1) is 31.2. The van der Waals surface area contributed by atoms with Crippen molar-refractivity contribution in [2.75, 3.05) is 4.90 Å². The summed E-state index contributed by atoms with van der Waals surface area (Å²) < 4.78 is 12.7. The van der Waals surface area contributed by atoms with Gasteiger partial charge in [0, 0.05) is 44.0 Å². The van der Waals surface area contributed by atoms with Crippen molar-refractivity contribution in [1.82, 2.24) is 0 Å². The number of hydrogen-bond acceptors (Lipinski definition) is 3. The molecule has 0 radical (unpaired) electrons. The van der Waals surface area contributed by atoms with Crippen LogP contribution in [0.2, 0.25) is 0 Å². The first-order valence-electron chi connectivity index (χ1n) is 18.7. The van der Waals surface area contributed by atoms with Gasteiger partial charge in [-0.1, -0.05) is 133 Å². The Morgan fingerprint density at radius 2 is 0.927 bits per heavy atom. The van der Waals surface area contributed by atoms with Gasteiger partial charge in [0.15, 0.2) is 0 Å². The van der Waals surface area contributed by atoms with Crippen molar-refractivity contribution in [2.24, 2.45) is 0 Å². The van der Waals surface area contributed by atoms with Gasteiger partial charge in [-0.05, 0) is 105 Å². The lowest BCUT2D eigenvalue weighted by molar-refractivity contribution is 0.669. The van der Waals surface area contributed by atoms with Crippen molar-refractivity contribution in [3.05, 3.63) is 200 Å². The Hall–Kier alpha value is -7.36. The van der Waals surface area contributed by atoms with E-state index in [0.29, 0.717) is 0 Å². The highest BCUT2D eigenvalue weighted by atomic mass is 16.3. The Labute approximate surface area is 317 Å². The fourth-order valence-corrected chi connectivity index (χ4v) is 8.20. The molecular formula is C52H33NO2. The molecule has 0 aliphatic heterocycles. The minimum Gasteiger partial charge on any atom is -0.456 e. The molecule has 0 aliphatic carbocycles. The van der Waals surface area contributed by atoms with Gasteiger partial charge in [0.2, 0.25) is 0 Å². The van der Waals surface area contributed by atoms with Crippen molar-refractivity contribution in [3.63, 3.8) is 0 Å². The third kappa shape index (κ3) is 5.28. The Morgan fingerprint density at radius 3 is 1.75 bits per heavy atom. The average Bonchev–Trinajstić information content (AvgIpc) is 3.83. The maximum atomic E-state index is 6.56. The summed E-state index contributed by atoms with van der Waals surface area (Å²) in [6.45, 7) is 0. The first-order chi connectivity index (χ1) is 27.2. The van der Waals surface area contributed by atoms with E-state index in [-0.39, 0.29) is 0 Å². The normalized spacial score (nSPS) is 11.6. The summed E-state index contributed by atoms with van der Waals surface area (Å²) in [5.41, 5.74) is 13.8. The minimum absolute atomic E-state index is 0.889. The summed E-state index contributed by atoms with van der Waals surface area (Å²) in [4.78, 5) is 2.34. The van der Waals surface area contributed by atoms with E-state index in [1.54, 1.807) is 0 Å². The summed E-state index contributed by atoms with van der Waals surface area (Å²) in [6.07, 6.45) is 0. The molecule has 11 aromatic rings. The van der Waals surface area contributed by atoms with Crippen LogP contribution in [0.1, 0.15) is 0 Å². The maximum Gasteiger partial charge on any atom is 0.143 e. The van der Waals surface area contributed by atoms with Crippen LogP contribution in [0.3, 0.4) is 0 Å². The quantitative estimate of drug-likeness (QED) is 0.173. The number of rotatable bonds is 6. The van der Waals surface area contributed by atoms with Crippen LogP contribution in [0.25, 0.3) is 88.0 Å². The highest BCUT2D eigenvalue weighted by Gasteiger charge is 2.18. The van der Waals surface area contributed by atoms with Crippen LogP contribution in [-0.2, 0) is 0 Å². The lowest BCUT2D eigenvalue weighted by atomic mass is 9.97. The Morgan fingerprint density at radius 1 is 0.309 bits per heavy atom. The second kappa shape index (κ2) is 12.6. The lowest BCUT2D eigenvalue weighted by Gasteiger charge is -2.26. The largest absolute Gasteiger partial charge is 0.456 e. The molecule has 3 heteroatoms. The van der Waals surface area contributed by atoms with Crippen molar-refractivity contribution in [1.29, 1.82) is 0 Å². The molecule has 0 atom stereocenters. The van der Waals surface area contributed by atoms with Gasteiger partial charge < -0.3 is 13.7 Å². The van der Waals surface area contributed by atoms with Gasteiger partial charge in [-0.2, -0.15) is 0 Å². The molecule has 0 spiro atoms. The number of nitrogens with zero attached hydrogens (tertiary/aromatic N) is 1. The molecule has 258 valence electrons. The minimum atomic E-state index is 0.889. The van der Waals surface area contributed by atoms with Gasteiger partial charge in [0.25, 0.3) is 0 Å². The highest BCUT2D eigenvalue weighted by Crippen LogP contribution is 2.43. The summed E-state index contributed by atoms with van der Waals surface area (Å²) in [7, 11) is 0. The number of hydrogen-bond donors (Lipinski definition) is 0. The maximum absolute atomic E-state index is 6.56. The zero-order valence-corrected chi connectivity index (χ0v) is 29.8. The molecule has 0 saturated heterocycles.